The lowest BCUT2D eigenvalue weighted by Crippen LogP contribution is -2.40. The zero-order chi connectivity index (χ0) is 25.4. The Labute approximate surface area is 211 Å². The molecule has 0 unspecified atom stereocenters. The average molecular weight is 481 g/mol. The molecule has 1 N–H and O–H groups in total. The van der Waals surface area contributed by atoms with Gasteiger partial charge in [-0.2, -0.15) is 0 Å². The molecule has 1 amide bonds. The maximum Gasteiger partial charge on any atom is 0.222 e. The molecule has 2 aliphatic rings. The Bertz CT molecular complexity index is 1020. The fraction of sp³-hybridized carbons (Fsp3) is 0.690. The van der Waals surface area contributed by atoms with E-state index in [0.717, 1.165) is 67.2 Å². The summed E-state index contributed by atoms with van der Waals surface area (Å²) in [5.41, 5.74) is 2.71. The van der Waals surface area contributed by atoms with E-state index in [2.05, 4.69) is 68.4 Å². The van der Waals surface area contributed by atoms with Crippen LogP contribution in [0.1, 0.15) is 114 Å². The van der Waals surface area contributed by atoms with Gasteiger partial charge in [0.15, 0.2) is 0 Å². The SMILES string of the molecule is CC(C)(C)c1cc(CCC(=O)N2CCC[C@H](c3nnc4n3CCCCC4)C2)cc(C(C)(C)C)c1O. The highest BCUT2D eigenvalue weighted by molar-refractivity contribution is 5.76. The standard InChI is InChI=1S/C29H44N4O2/c1-28(2,3)22-17-20(18-23(26(22)35)29(4,5)6)13-14-25(34)32-15-10-11-21(19-32)27-31-30-24-12-8-7-9-16-33(24)27/h17-18,21,35H,7-16,19H2,1-6H3/t21-/m0/s1. The lowest BCUT2D eigenvalue weighted by Gasteiger charge is -2.33. The fourth-order valence-corrected chi connectivity index (χ4v) is 5.62. The number of aromatic hydroxyl groups is 1. The van der Waals surface area contributed by atoms with Crippen LogP contribution in [0, 0.1) is 0 Å². The first-order valence-electron chi connectivity index (χ1n) is 13.5. The third-order valence-electron chi connectivity index (χ3n) is 7.69. The number of carbonyl (C=O) groups is 1. The van der Waals surface area contributed by atoms with Crippen LogP contribution in [-0.2, 0) is 35.0 Å². The van der Waals surface area contributed by atoms with Crippen LogP contribution >= 0.6 is 0 Å². The van der Waals surface area contributed by atoms with Gasteiger partial charge in [-0.1, -0.05) is 60.1 Å². The van der Waals surface area contributed by atoms with Crippen molar-refractivity contribution < 1.29 is 9.90 Å². The Morgan fingerprint density at radius 1 is 0.971 bits per heavy atom. The summed E-state index contributed by atoms with van der Waals surface area (Å²) < 4.78 is 2.34. The maximum absolute atomic E-state index is 13.3. The number of nitrogens with zero attached hydrogens (tertiary/aromatic N) is 4. The summed E-state index contributed by atoms with van der Waals surface area (Å²) in [6.45, 7) is 15.3. The zero-order valence-corrected chi connectivity index (χ0v) is 22.7. The molecule has 0 radical (unpaired) electrons. The van der Waals surface area contributed by atoms with Crippen LogP contribution in [0.3, 0.4) is 0 Å². The van der Waals surface area contributed by atoms with E-state index in [4.69, 9.17) is 0 Å². The van der Waals surface area contributed by atoms with Crippen molar-refractivity contribution in [3.8, 4) is 5.75 Å². The summed E-state index contributed by atoms with van der Waals surface area (Å²) >= 11 is 0. The van der Waals surface area contributed by atoms with Gasteiger partial charge in [0.05, 0.1) is 0 Å². The molecule has 6 nitrogen and oxygen atoms in total. The van der Waals surface area contributed by atoms with Crippen LogP contribution in [0.4, 0.5) is 0 Å². The first-order valence-corrected chi connectivity index (χ1v) is 13.5. The van der Waals surface area contributed by atoms with E-state index in [1.54, 1.807) is 0 Å². The van der Waals surface area contributed by atoms with Gasteiger partial charge in [-0.15, -0.1) is 10.2 Å². The first kappa shape index (κ1) is 25.7. The van der Waals surface area contributed by atoms with E-state index in [-0.39, 0.29) is 22.7 Å². The topological polar surface area (TPSA) is 71.2 Å². The molecule has 1 saturated heterocycles. The van der Waals surface area contributed by atoms with E-state index in [0.29, 0.717) is 18.6 Å². The van der Waals surface area contributed by atoms with Gasteiger partial charge in [-0.25, -0.2) is 0 Å². The van der Waals surface area contributed by atoms with E-state index in [9.17, 15) is 9.90 Å². The number of hydrogen-bond donors (Lipinski definition) is 1. The van der Waals surface area contributed by atoms with Crippen LogP contribution < -0.4 is 0 Å². The summed E-state index contributed by atoms with van der Waals surface area (Å²) in [7, 11) is 0. The monoisotopic (exact) mass is 480 g/mol. The summed E-state index contributed by atoms with van der Waals surface area (Å²) in [6.07, 6.45) is 7.91. The number of phenols is 1. The average Bonchev–Trinajstić information content (AvgIpc) is 3.04. The second kappa shape index (κ2) is 9.94. The highest BCUT2D eigenvalue weighted by Gasteiger charge is 2.30. The minimum absolute atomic E-state index is 0.166. The number of amides is 1. The number of phenolic OH excluding ortho intramolecular Hbond substituents is 1. The number of benzene rings is 1. The van der Waals surface area contributed by atoms with Crippen molar-refractivity contribution in [2.24, 2.45) is 0 Å². The maximum atomic E-state index is 13.3. The molecular weight excluding hydrogens is 436 g/mol. The van der Waals surface area contributed by atoms with Gasteiger partial charge in [0.1, 0.15) is 17.4 Å². The molecule has 1 aromatic carbocycles. The molecule has 0 bridgehead atoms. The van der Waals surface area contributed by atoms with E-state index in [1.165, 1.54) is 19.3 Å². The van der Waals surface area contributed by atoms with E-state index in [1.807, 2.05) is 4.90 Å². The molecule has 6 heteroatoms. The summed E-state index contributed by atoms with van der Waals surface area (Å²) in [5.74, 6) is 3.10. The molecule has 192 valence electrons. The van der Waals surface area contributed by atoms with Gasteiger partial charge in [0, 0.05) is 38.4 Å². The zero-order valence-electron chi connectivity index (χ0n) is 22.7. The second-order valence-corrected chi connectivity index (χ2v) is 12.7. The molecule has 2 aliphatic heterocycles. The summed E-state index contributed by atoms with van der Waals surface area (Å²) in [4.78, 5) is 15.3. The minimum Gasteiger partial charge on any atom is -0.507 e. The van der Waals surface area contributed by atoms with Crippen molar-refractivity contribution in [2.45, 2.75) is 116 Å². The molecule has 2 aromatic rings. The first-order chi connectivity index (χ1) is 16.4. The molecule has 35 heavy (non-hydrogen) atoms. The number of likely N-dealkylation sites (tertiary alicyclic amines) is 1. The molecular formula is C29H44N4O2. The highest BCUT2D eigenvalue weighted by Crippen LogP contribution is 2.40. The van der Waals surface area contributed by atoms with Crippen molar-refractivity contribution in [1.29, 1.82) is 0 Å². The Morgan fingerprint density at radius 2 is 1.66 bits per heavy atom. The van der Waals surface area contributed by atoms with E-state index < -0.39 is 0 Å². The predicted molar refractivity (Wildman–Crippen MR) is 140 cm³/mol. The molecule has 1 fully saturated rings. The number of fused-ring (bicyclic) bond motifs is 1. The molecule has 0 spiro atoms. The number of hydrogen-bond acceptors (Lipinski definition) is 4. The van der Waals surface area contributed by atoms with Gasteiger partial charge < -0.3 is 14.6 Å². The Kier molecular flexibility index (Phi) is 7.31. The predicted octanol–water partition coefficient (Wildman–Crippen LogP) is 5.64. The fourth-order valence-electron chi connectivity index (χ4n) is 5.62. The van der Waals surface area contributed by atoms with Crippen molar-refractivity contribution in [3.05, 3.63) is 40.5 Å². The third-order valence-corrected chi connectivity index (χ3v) is 7.69. The quantitative estimate of drug-likeness (QED) is 0.614. The van der Waals surface area contributed by atoms with Crippen molar-refractivity contribution in [3.63, 3.8) is 0 Å². The smallest absolute Gasteiger partial charge is 0.222 e. The van der Waals surface area contributed by atoms with Crippen LogP contribution in [0.15, 0.2) is 12.1 Å². The van der Waals surface area contributed by atoms with Gasteiger partial charge in [-0.05, 0) is 59.6 Å². The largest absolute Gasteiger partial charge is 0.507 e. The minimum atomic E-state index is -0.166. The van der Waals surface area contributed by atoms with Crippen LogP contribution in [0.25, 0.3) is 0 Å². The Morgan fingerprint density at radius 3 is 2.31 bits per heavy atom. The van der Waals surface area contributed by atoms with Crippen LogP contribution in [0.5, 0.6) is 5.75 Å². The third kappa shape index (κ3) is 5.73. The number of rotatable bonds is 4. The van der Waals surface area contributed by atoms with Gasteiger partial charge >= 0.3 is 0 Å². The Hall–Kier alpha value is -2.37. The molecule has 1 aromatic heterocycles. The molecule has 4 rings (SSSR count). The van der Waals surface area contributed by atoms with Crippen molar-refractivity contribution in [1.82, 2.24) is 19.7 Å². The number of piperidine rings is 1. The Balaban J connectivity index is 1.47. The normalized spacial score (nSPS) is 19.4. The number of aromatic nitrogens is 3. The molecule has 0 saturated carbocycles. The molecule has 3 heterocycles. The van der Waals surface area contributed by atoms with Gasteiger partial charge in [-0.3, -0.25) is 4.79 Å². The lowest BCUT2D eigenvalue weighted by molar-refractivity contribution is -0.132. The number of aryl methyl sites for hydroxylation is 2. The highest BCUT2D eigenvalue weighted by atomic mass is 16.3. The number of carbonyl (C=O) groups excluding carboxylic acids is 1. The summed E-state index contributed by atoms with van der Waals surface area (Å²) in [6, 6.07) is 4.20. The van der Waals surface area contributed by atoms with Gasteiger partial charge in [0.25, 0.3) is 0 Å². The molecule has 1 atom stereocenters. The lowest BCUT2D eigenvalue weighted by atomic mass is 9.78. The van der Waals surface area contributed by atoms with Crippen molar-refractivity contribution in [2.75, 3.05) is 13.1 Å². The van der Waals surface area contributed by atoms with Crippen molar-refractivity contribution >= 4 is 5.91 Å². The van der Waals surface area contributed by atoms with Crippen LogP contribution in [-0.4, -0.2) is 43.8 Å². The summed E-state index contributed by atoms with van der Waals surface area (Å²) in [5, 5.41) is 20.1. The molecule has 0 aliphatic carbocycles. The van der Waals surface area contributed by atoms with Crippen LogP contribution in [0.2, 0.25) is 0 Å². The van der Waals surface area contributed by atoms with Gasteiger partial charge in [0.2, 0.25) is 5.91 Å². The van der Waals surface area contributed by atoms with E-state index >= 15 is 0 Å². The second-order valence-electron chi connectivity index (χ2n) is 12.7.